The van der Waals surface area contributed by atoms with Gasteiger partial charge in [-0.2, -0.15) is 0 Å². The van der Waals surface area contributed by atoms with Gasteiger partial charge in [-0.3, -0.25) is 14.4 Å². The molecule has 1 aromatic carbocycles. The molecular formula is C20H27N3O4. The van der Waals surface area contributed by atoms with Crippen LogP contribution in [-0.2, 0) is 20.7 Å². The van der Waals surface area contributed by atoms with E-state index in [1.165, 1.54) is 0 Å². The number of nitrogens with one attached hydrogen (secondary N) is 2. The van der Waals surface area contributed by atoms with Crippen LogP contribution in [0.5, 0.6) is 0 Å². The van der Waals surface area contributed by atoms with Crippen molar-refractivity contribution in [2.24, 2.45) is 0 Å². The Kier molecular flexibility index (Phi) is 7.98. The summed E-state index contributed by atoms with van der Waals surface area (Å²) in [7, 11) is 0. The molecule has 1 amide bonds. The minimum atomic E-state index is -0.500. The highest BCUT2D eigenvalue weighted by molar-refractivity contribution is 5.81. The lowest BCUT2D eigenvalue weighted by atomic mass is 10.1. The molecule has 0 unspecified atom stereocenters. The lowest BCUT2D eigenvalue weighted by Crippen LogP contribution is -2.35. The summed E-state index contributed by atoms with van der Waals surface area (Å²) in [5.41, 5.74) is 0.349. The molecule has 2 aromatic rings. The molecule has 0 aliphatic carbocycles. The van der Waals surface area contributed by atoms with Crippen LogP contribution in [0, 0.1) is 0 Å². The zero-order chi connectivity index (χ0) is 19.6. The van der Waals surface area contributed by atoms with Gasteiger partial charge in [-0.15, -0.1) is 0 Å². The maximum absolute atomic E-state index is 12.0. The number of para-hydroxylation sites is 1. The molecule has 0 saturated carbocycles. The van der Waals surface area contributed by atoms with E-state index in [2.05, 4.69) is 22.2 Å². The number of nitrogens with zero attached hydrogens (tertiary/aromatic N) is 1. The molecule has 7 nitrogen and oxygen atoms in total. The molecule has 1 atom stereocenters. The van der Waals surface area contributed by atoms with E-state index in [-0.39, 0.29) is 37.0 Å². The quantitative estimate of drug-likeness (QED) is 0.492. The first-order chi connectivity index (χ1) is 13.0. The highest BCUT2D eigenvalue weighted by Gasteiger charge is 2.11. The zero-order valence-electron chi connectivity index (χ0n) is 15.9. The Balaban J connectivity index is 1.75. The number of esters is 1. The second-order valence-electron chi connectivity index (χ2n) is 6.65. The predicted octanol–water partition coefficient (Wildman–Crippen LogP) is 2.48. The number of unbranched alkanes of at least 4 members (excludes halogenated alkanes) is 2. The number of aromatic nitrogens is 2. The summed E-state index contributed by atoms with van der Waals surface area (Å²) in [6, 6.07) is 7.08. The standard InChI is InChI=1S/C20H27N3O4/c1-3-4-5-8-14(2)21-18(24)13-27-19(25)12-11-17-22-16-10-7-6-9-15(16)20(26)23-17/h6-7,9-10,14H,3-5,8,11-13H2,1-2H3,(H,21,24)(H,22,23,26)/t14-/m0/s1. The molecule has 27 heavy (non-hydrogen) atoms. The molecular weight excluding hydrogens is 346 g/mol. The van der Waals surface area contributed by atoms with E-state index in [1.54, 1.807) is 24.3 Å². The fraction of sp³-hybridized carbons (Fsp3) is 0.500. The lowest BCUT2D eigenvalue weighted by Gasteiger charge is -2.13. The van der Waals surface area contributed by atoms with E-state index in [4.69, 9.17) is 4.74 Å². The van der Waals surface area contributed by atoms with Crippen molar-refractivity contribution in [3.05, 3.63) is 40.4 Å². The normalized spacial score (nSPS) is 11.9. The summed E-state index contributed by atoms with van der Waals surface area (Å²) in [4.78, 5) is 42.6. The Morgan fingerprint density at radius 1 is 1.26 bits per heavy atom. The second kappa shape index (κ2) is 10.4. The number of hydrogen-bond donors (Lipinski definition) is 2. The molecule has 2 rings (SSSR count). The molecule has 0 aliphatic heterocycles. The number of fused-ring (bicyclic) bond motifs is 1. The molecule has 0 saturated heterocycles. The van der Waals surface area contributed by atoms with Crippen molar-refractivity contribution in [3.8, 4) is 0 Å². The fourth-order valence-electron chi connectivity index (χ4n) is 2.78. The number of rotatable bonds is 10. The number of amides is 1. The monoisotopic (exact) mass is 373 g/mol. The largest absolute Gasteiger partial charge is 0.456 e. The smallest absolute Gasteiger partial charge is 0.306 e. The topological polar surface area (TPSA) is 101 Å². The summed E-state index contributed by atoms with van der Waals surface area (Å²) in [5, 5.41) is 3.33. The highest BCUT2D eigenvalue weighted by atomic mass is 16.5. The third kappa shape index (κ3) is 6.84. The number of H-pyrrole nitrogens is 1. The third-order valence-corrected chi connectivity index (χ3v) is 4.24. The Morgan fingerprint density at radius 3 is 2.81 bits per heavy atom. The van der Waals surface area contributed by atoms with E-state index in [0.29, 0.717) is 16.7 Å². The summed E-state index contributed by atoms with van der Waals surface area (Å²) < 4.78 is 5.00. The van der Waals surface area contributed by atoms with Gasteiger partial charge in [0, 0.05) is 12.5 Å². The molecule has 146 valence electrons. The minimum absolute atomic E-state index is 0.0423. The molecule has 7 heteroatoms. The van der Waals surface area contributed by atoms with Gasteiger partial charge in [0.1, 0.15) is 5.82 Å². The molecule has 0 aliphatic rings. The summed E-state index contributed by atoms with van der Waals surface area (Å²) >= 11 is 0. The van der Waals surface area contributed by atoms with Gasteiger partial charge in [0.2, 0.25) is 0 Å². The Bertz CT molecular complexity index is 831. The number of carbonyl (C=O) groups excluding carboxylic acids is 2. The highest BCUT2D eigenvalue weighted by Crippen LogP contribution is 2.07. The maximum Gasteiger partial charge on any atom is 0.306 e. The van der Waals surface area contributed by atoms with Crippen LogP contribution in [0.1, 0.15) is 51.8 Å². The first-order valence-corrected chi connectivity index (χ1v) is 9.42. The fourth-order valence-corrected chi connectivity index (χ4v) is 2.78. The van der Waals surface area contributed by atoms with Crippen LogP contribution in [0.2, 0.25) is 0 Å². The zero-order valence-corrected chi connectivity index (χ0v) is 15.9. The molecule has 1 heterocycles. The lowest BCUT2D eigenvalue weighted by molar-refractivity contribution is -0.148. The molecule has 0 fully saturated rings. The van der Waals surface area contributed by atoms with Crippen LogP contribution >= 0.6 is 0 Å². The molecule has 0 bridgehead atoms. The van der Waals surface area contributed by atoms with E-state index in [1.807, 2.05) is 6.92 Å². The van der Waals surface area contributed by atoms with E-state index in [0.717, 1.165) is 25.7 Å². The SMILES string of the molecule is CCCCC[C@H](C)NC(=O)COC(=O)CCc1nc2ccccc2c(=O)[nH]1. The van der Waals surface area contributed by atoms with E-state index >= 15 is 0 Å². The van der Waals surface area contributed by atoms with Crippen molar-refractivity contribution in [1.82, 2.24) is 15.3 Å². The van der Waals surface area contributed by atoms with Crippen molar-refractivity contribution < 1.29 is 14.3 Å². The summed E-state index contributed by atoms with van der Waals surface area (Å²) in [6.07, 6.45) is 4.54. The molecule has 1 aromatic heterocycles. The average Bonchev–Trinajstić information content (AvgIpc) is 2.65. The van der Waals surface area contributed by atoms with E-state index in [9.17, 15) is 14.4 Å². The average molecular weight is 373 g/mol. The first-order valence-electron chi connectivity index (χ1n) is 9.42. The predicted molar refractivity (Wildman–Crippen MR) is 103 cm³/mol. The summed E-state index contributed by atoms with van der Waals surface area (Å²) in [5.74, 6) is -0.381. The van der Waals surface area contributed by atoms with Crippen LogP contribution < -0.4 is 10.9 Å². The first kappa shape index (κ1) is 20.6. The molecule has 0 spiro atoms. The van der Waals surface area contributed by atoms with Crippen LogP contribution in [0.15, 0.2) is 29.1 Å². The third-order valence-electron chi connectivity index (χ3n) is 4.24. The second-order valence-corrected chi connectivity index (χ2v) is 6.65. The van der Waals surface area contributed by atoms with Crippen LogP contribution in [-0.4, -0.2) is 34.5 Å². The minimum Gasteiger partial charge on any atom is -0.456 e. The van der Waals surface area contributed by atoms with Gasteiger partial charge in [0.15, 0.2) is 6.61 Å². The van der Waals surface area contributed by atoms with Crippen LogP contribution in [0.4, 0.5) is 0 Å². The van der Waals surface area contributed by atoms with Gasteiger partial charge in [-0.1, -0.05) is 38.3 Å². The number of carbonyl (C=O) groups is 2. The number of aryl methyl sites for hydroxylation is 1. The summed E-state index contributed by atoms with van der Waals surface area (Å²) in [6.45, 7) is 3.78. The number of aromatic amines is 1. The van der Waals surface area contributed by atoms with E-state index < -0.39 is 5.97 Å². The van der Waals surface area contributed by atoms with Crippen molar-refractivity contribution in [2.75, 3.05) is 6.61 Å². The number of benzene rings is 1. The van der Waals surface area contributed by atoms with Gasteiger partial charge in [-0.25, -0.2) is 4.98 Å². The number of hydrogen-bond acceptors (Lipinski definition) is 5. The maximum atomic E-state index is 12.0. The van der Waals surface area contributed by atoms with Crippen molar-refractivity contribution in [2.45, 2.75) is 58.4 Å². The van der Waals surface area contributed by atoms with Crippen LogP contribution in [0.25, 0.3) is 10.9 Å². The van der Waals surface area contributed by atoms with Gasteiger partial charge >= 0.3 is 5.97 Å². The van der Waals surface area contributed by atoms with Gasteiger partial charge < -0.3 is 15.0 Å². The van der Waals surface area contributed by atoms with Gasteiger partial charge in [0.25, 0.3) is 11.5 Å². The molecule has 0 radical (unpaired) electrons. The van der Waals surface area contributed by atoms with Crippen LogP contribution in [0.3, 0.4) is 0 Å². The van der Waals surface area contributed by atoms with Crippen molar-refractivity contribution in [1.29, 1.82) is 0 Å². The van der Waals surface area contributed by atoms with Crippen molar-refractivity contribution >= 4 is 22.8 Å². The molecule has 2 N–H and O–H groups in total. The van der Waals surface area contributed by atoms with Crippen molar-refractivity contribution in [3.63, 3.8) is 0 Å². The van der Waals surface area contributed by atoms with Gasteiger partial charge in [0.05, 0.1) is 17.3 Å². The Labute approximate surface area is 158 Å². The number of ether oxygens (including phenoxy) is 1. The Morgan fingerprint density at radius 2 is 2.04 bits per heavy atom. The van der Waals surface area contributed by atoms with Gasteiger partial charge in [-0.05, 0) is 25.5 Å². The Hall–Kier alpha value is -2.70.